The van der Waals surface area contributed by atoms with Crippen molar-refractivity contribution in [2.24, 2.45) is 0 Å². The molecule has 1 aliphatic rings. The highest BCUT2D eigenvalue weighted by atomic mass is 35.5. The summed E-state index contributed by atoms with van der Waals surface area (Å²) >= 11 is 6.33. The molecule has 0 spiro atoms. The summed E-state index contributed by atoms with van der Waals surface area (Å²) in [5.74, 6) is 0.982. The third-order valence-corrected chi connectivity index (χ3v) is 7.17. The Hall–Kier alpha value is -3.14. The fraction of sp³-hybridized carbons (Fsp3) is 0.250. The number of hydrogen-bond donors (Lipinski definition) is 2. The highest BCUT2D eigenvalue weighted by Crippen LogP contribution is 2.30. The van der Waals surface area contributed by atoms with Crippen LogP contribution in [-0.2, 0) is 9.84 Å². The van der Waals surface area contributed by atoms with Crippen LogP contribution in [0.2, 0.25) is 5.02 Å². The molecular formula is C24H24ClN5O3S. The Morgan fingerprint density at radius 3 is 2.88 bits per heavy atom. The molecule has 0 radical (unpaired) electrons. The van der Waals surface area contributed by atoms with E-state index in [4.69, 9.17) is 16.3 Å². The zero-order chi connectivity index (χ0) is 23.7. The maximum Gasteiger partial charge on any atom is 0.245 e. The summed E-state index contributed by atoms with van der Waals surface area (Å²) in [4.78, 5) is 4.66. The van der Waals surface area contributed by atoms with Crippen LogP contribution < -0.4 is 15.4 Å². The van der Waals surface area contributed by atoms with Gasteiger partial charge in [0.25, 0.3) is 0 Å². The Balaban J connectivity index is 1.41. The summed E-state index contributed by atoms with van der Waals surface area (Å²) < 4.78 is 31.6. The smallest absolute Gasteiger partial charge is 0.245 e. The SMILES string of the molecule is CS(=O)(=O)c1cccc(-c2ccc3cnc(Nc4ccc(Cl)c(OC[C@H]5CCCN5)c4)nn23)c1. The number of rotatable bonds is 7. The quantitative estimate of drug-likeness (QED) is 0.392. The van der Waals surface area contributed by atoms with E-state index in [2.05, 4.69) is 20.7 Å². The molecule has 1 saturated heterocycles. The number of anilines is 2. The van der Waals surface area contributed by atoms with E-state index in [1.165, 1.54) is 6.26 Å². The molecule has 3 heterocycles. The zero-order valence-corrected chi connectivity index (χ0v) is 20.1. The van der Waals surface area contributed by atoms with E-state index in [9.17, 15) is 8.42 Å². The van der Waals surface area contributed by atoms with Crippen molar-refractivity contribution in [1.82, 2.24) is 19.9 Å². The summed E-state index contributed by atoms with van der Waals surface area (Å²) in [6.45, 7) is 1.58. The number of sulfone groups is 1. The van der Waals surface area contributed by atoms with Gasteiger partial charge in [-0.25, -0.2) is 17.9 Å². The van der Waals surface area contributed by atoms with Gasteiger partial charge in [-0.2, -0.15) is 0 Å². The van der Waals surface area contributed by atoms with E-state index in [0.29, 0.717) is 29.4 Å². The van der Waals surface area contributed by atoms with Crippen molar-refractivity contribution in [2.75, 3.05) is 24.7 Å². The van der Waals surface area contributed by atoms with Crippen molar-refractivity contribution >= 4 is 38.6 Å². The van der Waals surface area contributed by atoms with Crippen molar-refractivity contribution in [2.45, 2.75) is 23.8 Å². The Morgan fingerprint density at radius 2 is 2.09 bits per heavy atom. The molecule has 2 aromatic heterocycles. The van der Waals surface area contributed by atoms with Gasteiger partial charge in [0.2, 0.25) is 5.95 Å². The molecule has 1 aliphatic heterocycles. The molecule has 1 fully saturated rings. The monoisotopic (exact) mass is 497 g/mol. The second-order valence-electron chi connectivity index (χ2n) is 8.31. The third-order valence-electron chi connectivity index (χ3n) is 5.75. The van der Waals surface area contributed by atoms with Crippen LogP contribution in [-0.4, -0.2) is 48.5 Å². The lowest BCUT2D eigenvalue weighted by Crippen LogP contribution is -2.28. The Bertz CT molecular complexity index is 1450. The first kappa shape index (κ1) is 22.6. The molecule has 0 aliphatic carbocycles. The number of nitrogens with one attached hydrogen (secondary N) is 2. The molecule has 0 amide bonds. The van der Waals surface area contributed by atoms with E-state index in [0.717, 1.165) is 41.8 Å². The second kappa shape index (κ2) is 9.25. The minimum Gasteiger partial charge on any atom is -0.490 e. The molecule has 2 N–H and O–H groups in total. The van der Waals surface area contributed by atoms with Crippen molar-refractivity contribution < 1.29 is 13.2 Å². The third kappa shape index (κ3) is 4.86. The Morgan fingerprint density at radius 1 is 1.21 bits per heavy atom. The van der Waals surface area contributed by atoms with E-state index in [-0.39, 0.29) is 4.90 Å². The van der Waals surface area contributed by atoms with Gasteiger partial charge in [0.15, 0.2) is 9.84 Å². The molecule has 8 nitrogen and oxygen atoms in total. The van der Waals surface area contributed by atoms with Crippen LogP contribution in [0, 0.1) is 0 Å². The molecule has 4 aromatic rings. The molecule has 5 rings (SSSR count). The molecule has 0 saturated carbocycles. The first-order chi connectivity index (χ1) is 16.4. The summed E-state index contributed by atoms with van der Waals surface area (Å²) in [6.07, 6.45) is 5.15. The number of benzene rings is 2. The predicted molar refractivity (Wildman–Crippen MR) is 133 cm³/mol. The topological polar surface area (TPSA) is 97.6 Å². The fourth-order valence-electron chi connectivity index (χ4n) is 3.97. The first-order valence-electron chi connectivity index (χ1n) is 10.9. The summed E-state index contributed by atoms with van der Waals surface area (Å²) in [5.41, 5.74) is 3.03. The molecule has 0 unspecified atom stereocenters. The van der Waals surface area contributed by atoms with Crippen molar-refractivity contribution in [3.8, 4) is 17.0 Å². The fourth-order valence-corrected chi connectivity index (χ4v) is 4.81. The van der Waals surface area contributed by atoms with Crippen LogP contribution in [0.5, 0.6) is 5.75 Å². The Kier molecular flexibility index (Phi) is 6.16. The van der Waals surface area contributed by atoms with Gasteiger partial charge >= 0.3 is 0 Å². The van der Waals surface area contributed by atoms with Gasteiger partial charge in [-0.1, -0.05) is 23.7 Å². The summed E-state index contributed by atoms with van der Waals surface area (Å²) in [5, 5.41) is 11.8. The number of aromatic nitrogens is 3. The maximum atomic E-state index is 12.0. The van der Waals surface area contributed by atoms with Crippen molar-refractivity contribution in [1.29, 1.82) is 0 Å². The van der Waals surface area contributed by atoms with Gasteiger partial charge in [0.05, 0.1) is 27.3 Å². The maximum absolute atomic E-state index is 12.0. The van der Waals surface area contributed by atoms with Crippen LogP contribution in [0.15, 0.2) is 65.7 Å². The first-order valence-corrected chi connectivity index (χ1v) is 13.2. The second-order valence-corrected chi connectivity index (χ2v) is 10.7. The van der Waals surface area contributed by atoms with Gasteiger partial charge < -0.3 is 15.4 Å². The number of fused-ring (bicyclic) bond motifs is 1. The van der Waals surface area contributed by atoms with E-state index < -0.39 is 9.84 Å². The normalized spacial score (nSPS) is 16.1. The lowest BCUT2D eigenvalue weighted by molar-refractivity contribution is 0.277. The lowest BCUT2D eigenvalue weighted by Gasteiger charge is -2.14. The minimum absolute atomic E-state index is 0.258. The van der Waals surface area contributed by atoms with Crippen molar-refractivity contribution in [3.05, 3.63) is 65.8 Å². The largest absolute Gasteiger partial charge is 0.490 e. The van der Waals surface area contributed by atoms with Gasteiger partial charge in [0, 0.05) is 29.6 Å². The van der Waals surface area contributed by atoms with Gasteiger partial charge in [0.1, 0.15) is 12.4 Å². The summed E-state index contributed by atoms with van der Waals surface area (Å²) in [7, 11) is -3.32. The van der Waals surface area contributed by atoms with Crippen LogP contribution in [0.1, 0.15) is 12.8 Å². The van der Waals surface area contributed by atoms with Crippen molar-refractivity contribution in [3.63, 3.8) is 0 Å². The van der Waals surface area contributed by atoms with E-state index >= 15 is 0 Å². The molecule has 1 atom stereocenters. The standard InChI is InChI=1S/C24H24ClN5O3S/c1-34(31,32)20-6-2-4-16(12-20)22-10-8-19-14-27-24(29-30(19)22)28-17-7-9-21(25)23(13-17)33-15-18-5-3-11-26-18/h2,4,6-10,12-14,18,26H,3,5,11,15H2,1H3,(H,28,29)/t18-/m1/s1. The molecule has 2 aromatic carbocycles. The van der Waals surface area contributed by atoms with Gasteiger partial charge in [-0.15, -0.1) is 5.10 Å². The van der Waals surface area contributed by atoms with Gasteiger partial charge in [-0.3, -0.25) is 0 Å². The lowest BCUT2D eigenvalue weighted by atomic mass is 10.2. The zero-order valence-electron chi connectivity index (χ0n) is 18.5. The number of ether oxygens (including phenoxy) is 1. The molecule has 0 bridgehead atoms. The van der Waals surface area contributed by atoms with Crippen LogP contribution in [0.3, 0.4) is 0 Å². The number of hydrogen-bond acceptors (Lipinski definition) is 7. The van der Waals surface area contributed by atoms with Crippen LogP contribution >= 0.6 is 11.6 Å². The highest BCUT2D eigenvalue weighted by molar-refractivity contribution is 7.90. The highest BCUT2D eigenvalue weighted by Gasteiger charge is 2.16. The molecular weight excluding hydrogens is 474 g/mol. The van der Waals surface area contributed by atoms with E-state index in [1.807, 2.05) is 30.3 Å². The van der Waals surface area contributed by atoms with Crippen LogP contribution in [0.25, 0.3) is 16.8 Å². The number of halogens is 1. The average Bonchev–Trinajstić information content (AvgIpc) is 3.49. The molecule has 34 heavy (non-hydrogen) atoms. The minimum atomic E-state index is -3.32. The average molecular weight is 498 g/mol. The molecule has 176 valence electrons. The Labute approximate surface area is 202 Å². The number of nitrogens with zero attached hydrogens (tertiary/aromatic N) is 3. The van der Waals surface area contributed by atoms with E-state index in [1.54, 1.807) is 35.0 Å². The predicted octanol–water partition coefficient (Wildman–Crippen LogP) is 4.33. The summed E-state index contributed by atoms with van der Waals surface area (Å²) in [6, 6.07) is 16.4. The molecule has 10 heteroatoms. The van der Waals surface area contributed by atoms with Gasteiger partial charge in [-0.05, 0) is 55.8 Å². The van der Waals surface area contributed by atoms with Crippen LogP contribution in [0.4, 0.5) is 11.6 Å².